The highest BCUT2D eigenvalue weighted by Gasteiger charge is 2.17. The second kappa shape index (κ2) is 9.41. The Morgan fingerprint density at radius 1 is 0.941 bits per heavy atom. The van der Waals surface area contributed by atoms with Crippen LogP contribution in [-0.2, 0) is 10.0 Å². The largest absolute Gasteiger partial charge is 0.508 e. The number of nitrogens with zero attached hydrogens (tertiary/aromatic N) is 3. The van der Waals surface area contributed by atoms with Gasteiger partial charge < -0.3 is 25.0 Å². The lowest BCUT2D eigenvalue weighted by atomic mass is 10.1. The zero-order valence-corrected chi connectivity index (χ0v) is 19.5. The summed E-state index contributed by atoms with van der Waals surface area (Å²) in [5.41, 5.74) is 1.62. The van der Waals surface area contributed by atoms with Crippen LogP contribution in [0.25, 0.3) is 11.3 Å². The molecule has 2 aromatic heterocycles. The average Bonchev–Trinajstić information content (AvgIpc) is 3.26. The monoisotopic (exact) mass is 501 g/mol. The number of rotatable bonds is 8. The Hall–Kier alpha value is -4.10. The smallest absolute Gasteiger partial charge is 0.321 e. The molecule has 0 aliphatic heterocycles. The number of anilines is 3. The average molecular weight is 502 g/mol. The van der Waals surface area contributed by atoms with E-state index in [4.69, 9.17) is 9.47 Å². The Morgan fingerprint density at radius 3 is 2.38 bits per heavy atom. The van der Waals surface area contributed by atoms with Gasteiger partial charge in [-0.05, 0) is 36.4 Å². The molecule has 0 radical (unpaired) electrons. The highest BCUT2D eigenvalue weighted by molar-refractivity contribution is 7.92. The number of aromatic hydroxyl groups is 2. The van der Waals surface area contributed by atoms with Crippen molar-refractivity contribution in [2.45, 2.75) is 4.90 Å². The first kappa shape index (κ1) is 23.1. The lowest BCUT2D eigenvalue weighted by Gasteiger charge is -2.10. The summed E-state index contributed by atoms with van der Waals surface area (Å²) in [6.45, 7) is 0. The molecule has 13 heteroatoms. The van der Waals surface area contributed by atoms with Gasteiger partial charge in [0.25, 0.3) is 10.0 Å². The molecule has 0 bridgehead atoms. The molecular formula is C21H19N5O6S2. The molecule has 176 valence electrons. The van der Waals surface area contributed by atoms with Crippen LogP contribution >= 0.6 is 11.3 Å². The molecule has 0 unspecified atom stereocenters. The number of ether oxygens (including phenoxy) is 2. The number of phenols is 2. The molecule has 11 nitrogen and oxygen atoms in total. The molecule has 4 rings (SSSR count). The first-order valence-electron chi connectivity index (χ1n) is 9.62. The van der Waals surface area contributed by atoms with Crippen molar-refractivity contribution in [3.05, 3.63) is 53.9 Å². The van der Waals surface area contributed by atoms with Crippen LogP contribution in [0.2, 0.25) is 0 Å². The highest BCUT2D eigenvalue weighted by atomic mass is 32.2. The summed E-state index contributed by atoms with van der Waals surface area (Å²) in [5.74, 6) is 0.0152. The standard InChI is InChI=1S/C21H19N5O6S2/c1-31-19-10-18(24-20(25-19)32-2)26-34(29,30)14-6-3-12(4-7-14)22-21-23-16(11-33-21)15-8-5-13(27)9-17(15)28/h3-11,27-28H,1-2H3,(H,22,23)(H,24,25,26). The number of nitrogens with one attached hydrogen (secondary N) is 2. The van der Waals surface area contributed by atoms with E-state index in [1.165, 1.54) is 55.9 Å². The first-order valence-corrected chi connectivity index (χ1v) is 12.0. The lowest BCUT2D eigenvalue weighted by molar-refractivity contribution is 0.353. The fraction of sp³-hybridized carbons (Fsp3) is 0.0952. The van der Waals surface area contributed by atoms with Crippen LogP contribution in [0.4, 0.5) is 16.6 Å². The molecule has 0 amide bonds. The van der Waals surface area contributed by atoms with Crippen molar-refractivity contribution in [2.24, 2.45) is 0 Å². The van der Waals surface area contributed by atoms with Crippen molar-refractivity contribution in [1.82, 2.24) is 15.0 Å². The fourth-order valence-corrected chi connectivity index (χ4v) is 4.60. The number of benzene rings is 2. The van der Waals surface area contributed by atoms with Gasteiger partial charge in [-0.25, -0.2) is 13.4 Å². The van der Waals surface area contributed by atoms with Gasteiger partial charge in [0, 0.05) is 28.8 Å². The summed E-state index contributed by atoms with van der Waals surface area (Å²) in [4.78, 5) is 12.3. The number of phenolic OH excluding ortho intramolecular Hbond substituents is 2. The molecule has 0 fully saturated rings. The Bertz CT molecular complexity index is 1400. The molecule has 2 aromatic carbocycles. The SMILES string of the molecule is COc1cc(NS(=O)(=O)c2ccc(Nc3nc(-c4ccc(O)cc4O)cs3)cc2)nc(OC)n1. The van der Waals surface area contributed by atoms with Gasteiger partial charge in [0.15, 0.2) is 10.9 Å². The van der Waals surface area contributed by atoms with Crippen molar-refractivity contribution in [3.63, 3.8) is 0 Å². The van der Waals surface area contributed by atoms with Crippen LogP contribution in [0.15, 0.2) is 58.8 Å². The highest BCUT2D eigenvalue weighted by Crippen LogP contribution is 2.34. The maximum absolute atomic E-state index is 12.8. The van der Waals surface area contributed by atoms with E-state index in [1.54, 1.807) is 23.6 Å². The molecule has 34 heavy (non-hydrogen) atoms. The van der Waals surface area contributed by atoms with Crippen LogP contribution in [-0.4, -0.2) is 47.8 Å². The molecule has 0 aliphatic carbocycles. The molecule has 0 saturated carbocycles. The van der Waals surface area contributed by atoms with E-state index in [0.717, 1.165) is 0 Å². The maximum atomic E-state index is 12.8. The Morgan fingerprint density at radius 2 is 1.71 bits per heavy atom. The molecule has 0 spiro atoms. The zero-order chi connectivity index (χ0) is 24.3. The quantitative estimate of drug-likeness (QED) is 0.281. The van der Waals surface area contributed by atoms with Crippen LogP contribution in [0.1, 0.15) is 0 Å². The van der Waals surface area contributed by atoms with Crippen LogP contribution < -0.4 is 19.5 Å². The second-order valence-electron chi connectivity index (χ2n) is 6.78. The number of methoxy groups -OCH3 is 2. The van der Waals surface area contributed by atoms with E-state index >= 15 is 0 Å². The van der Waals surface area contributed by atoms with Crippen LogP contribution in [0, 0.1) is 0 Å². The van der Waals surface area contributed by atoms with Crippen molar-refractivity contribution >= 4 is 38.0 Å². The number of hydrogen-bond donors (Lipinski definition) is 4. The van der Waals surface area contributed by atoms with Gasteiger partial charge in [-0.3, -0.25) is 4.72 Å². The first-order chi connectivity index (χ1) is 16.3. The van der Waals surface area contributed by atoms with Crippen molar-refractivity contribution < 1.29 is 28.1 Å². The molecule has 4 aromatic rings. The van der Waals surface area contributed by atoms with Crippen LogP contribution in [0.3, 0.4) is 0 Å². The van der Waals surface area contributed by atoms with E-state index in [9.17, 15) is 18.6 Å². The predicted molar refractivity (Wildman–Crippen MR) is 127 cm³/mol. The van der Waals surface area contributed by atoms with Gasteiger partial charge in [0.1, 0.15) is 11.5 Å². The van der Waals surface area contributed by atoms with Crippen molar-refractivity contribution in [1.29, 1.82) is 0 Å². The second-order valence-corrected chi connectivity index (χ2v) is 9.32. The van der Waals surface area contributed by atoms with Gasteiger partial charge in [-0.1, -0.05) is 0 Å². The van der Waals surface area contributed by atoms with E-state index < -0.39 is 10.0 Å². The van der Waals surface area contributed by atoms with E-state index in [-0.39, 0.29) is 34.1 Å². The lowest BCUT2D eigenvalue weighted by Crippen LogP contribution is -2.14. The molecule has 0 saturated heterocycles. The maximum Gasteiger partial charge on any atom is 0.321 e. The van der Waals surface area contributed by atoms with Gasteiger partial charge in [0.2, 0.25) is 5.88 Å². The minimum Gasteiger partial charge on any atom is -0.508 e. The third kappa shape index (κ3) is 5.10. The Kier molecular flexibility index (Phi) is 6.38. The topological polar surface area (TPSA) is 156 Å². The number of hydrogen-bond acceptors (Lipinski definition) is 11. The Labute approximate surface area is 198 Å². The van der Waals surface area contributed by atoms with E-state index in [0.29, 0.717) is 22.1 Å². The fourth-order valence-electron chi connectivity index (χ4n) is 2.88. The molecule has 4 N–H and O–H groups in total. The molecular weight excluding hydrogens is 482 g/mol. The van der Waals surface area contributed by atoms with E-state index in [2.05, 4.69) is 25.0 Å². The summed E-state index contributed by atoms with van der Waals surface area (Å²) in [5, 5.41) is 24.8. The summed E-state index contributed by atoms with van der Waals surface area (Å²) in [7, 11) is -1.18. The number of sulfonamides is 1. The summed E-state index contributed by atoms with van der Waals surface area (Å²) < 4.78 is 37.9. The van der Waals surface area contributed by atoms with Crippen molar-refractivity contribution in [2.75, 3.05) is 24.3 Å². The summed E-state index contributed by atoms with van der Waals surface area (Å²) in [6, 6.07) is 11.6. The number of thiazole rings is 1. The third-order valence-corrected chi connectivity index (χ3v) is 6.62. The number of aromatic nitrogens is 3. The predicted octanol–water partition coefficient (Wildman–Crippen LogP) is 3.57. The third-order valence-electron chi connectivity index (χ3n) is 4.49. The minimum atomic E-state index is -3.93. The molecule has 0 aliphatic rings. The van der Waals surface area contributed by atoms with Gasteiger partial charge in [-0.15, -0.1) is 11.3 Å². The normalized spacial score (nSPS) is 11.1. The Balaban J connectivity index is 1.48. The van der Waals surface area contributed by atoms with Crippen LogP contribution in [0.5, 0.6) is 23.4 Å². The minimum absolute atomic E-state index is 0.00120. The van der Waals surface area contributed by atoms with Gasteiger partial charge >= 0.3 is 6.01 Å². The van der Waals surface area contributed by atoms with Gasteiger partial charge in [0.05, 0.1) is 24.8 Å². The molecule has 0 atom stereocenters. The van der Waals surface area contributed by atoms with Gasteiger partial charge in [-0.2, -0.15) is 9.97 Å². The summed E-state index contributed by atoms with van der Waals surface area (Å²) >= 11 is 1.31. The van der Waals surface area contributed by atoms with Crippen molar-refractivity contribution in [3.8, 4) is 34.6 Å². The molecule has 2 heterocycles. The summed E-state index contributed by atoms with van der Waals surface area (Å²) in [6.07, 6.45) is 0. The van der Waals surface area contributed by atoms with E-state index in [1.807, 2.05) is 0 Å². The zero-order valence-electron chi connectivity index (χ0n) is 17.9.